The summed E-state index contributed by atoms with van der Waals surface area (Å²) >= 11 is 4.22. The van der Waals surface area contributed by atoms with E-state index in [1.165, 1.54) is 0 Å². The minimum absolute atomic E-state index is 0.0705. The second-order valence-electron chi connectivity index (χ2n) is 2.99. The van der Waals surface area contributed by atoms with Crippen LogP contribution in [-0.4, -0.2) is 22.4 Å². The van der Waals surface area contributed by atoms with Gasteiger partial charge in [0.15, 0.2) is 0 Å². The molecule has 11 heavy (non-hydrogen) atoms. The number of carboxylic acid groups (broad SMARTS) is 1. The molecular formula is C7H15NO2S. The summed E-state index contributed by atoms with van der Waals surface area (Å²) < 4.78 is 0. The lowest BCUT2D eigenvalue weighted by molar-refractivity contribution is -0.138. The number of rotatable bonds is 4. The fourth-order valence-electron chi connectivity index (χ4n) is 0.633. The topological polar surface area (TPSA) is 63.3 Å². The molecule has 0 saturated carbocycles. The molecular weight excluding hydrogens is 162 g/mol. The largest absolute Gasteiger partial charge is 0.480 e. The van der Waals surface area contributed by atoms with E-state index < -0.39 is 12.0 Å². The van der Waals surface area contributed by atoms with E-state index in [-0.39, 0.29) is 5.25 Å². The highest BCUT2D eigenvalue weighted by Crippen LogP contribution is 2.14. The van der Waals surface area contributed by atoms with Crippen molar-refractivity contribution in [1.82, 2.24) is 0 Å². The van der Waals surface area contributed by atoms with E-state index in [2.05, 4.69) is 12.6 Å². The van der Waals surface area contributed by atoms with E-state index in [4.69, 9.17) is 10.8 Å². The molecule has 0 aromatic carbocycles. The molecule has 0 aliphatic heterocycles. The van der Waals surface area contributed by atoms with Gasteiger partial charge < -0.3 is 10.8 Å². The first-order valence-electron chi connectivity index (χ1n) is 3.61. The molecule has 2 atom stereocenters. The smallest absolute Gasteiger partial charge is 0.320 e. The summed E-state index contributed by atoms with van der Waals surface area (Å²) in [4.78, 5) is 10.3. The van der Waals surface area contributed by atoms with E-state index in [0.717, 1.165) is 0 Å². The predicted octanol–water partition coefficient (Wildman–Crippen LogP) is 0.743. The lowest BCUT2D eigenvalue weighted by Crippen LogP contribution is -2.33. The maximum absolute atomic E-state index is 10.3. The molecule has 0 aromatic rings. The van der Waals surface area contributed by atoms with Gasteiger partial charge in [0.1, 0.15) is 6.04 Å². The van der Waals surface area contributed by atoms with Crippen molar-refractivity contribution in [2.24, 2.45) is 11.7 Å². The average Bonchev–Trinajstić information content (AvgIpc) is 1.87. The number of thiol groups is 1. The van der Waals surface area contributed by atoms with Crippen molar-refractivity contribution in [3.05, 3.63) is 0 Å². The molecule has 0 amide bonds. The first-order chi connectivity index (χ1) is 4.95. The fraction of sp³-hybridized carbons (Fsp3) is 0.857. The molecule has 0 fully saturated rings. The third-order valence-corrected chi connectivity index (χ3v) is 2.39. The van der Waals surface area contributed by atoms with Crippen molar-refractivity contribution < 1.29 is 9.90 Å². The Balaban J connectivity index is 3.75. The number of hydrogen-bond acceptors (Lipinski definition) is 3. The van der Waals surface area contributed by atoms with Crippen molar-refractivity contribution in [2.45, 2.75) is 31.6 Å². The number of nitrogens with two attached hydrogens (primary N) is 1. The van der Waals surface area contributed by atoms with Crippen LogP contribution in [0.5, 0.6) is 0 Å². The zero-order valence-corrected chi connectivity index (χ0v) is 7.71. The molecule has 0 radical (unpaired) electrons. The Morgan fingerprint density at radius 2 is 2.09 bits per heavy atom. The lowest BCUT2D eigenvalue weighted by Gasteiger charge is -2.16. The van der Waals surface area contributed by atoms with Gasteiger partial charge in [0.05, 0.1) is 0 Å². The molecule has 0 aromatic heterocycles. The molecule has 0 rings (SSSR count). The predicted molar refractivity (Wildman–Crippen MR) is 47.8 cm³/mol. The second kappa shape index (κ2) is 4.62. The Morgan fingerprint density at radius 1 is 1.64 bits per heavy atom. The van der Waals surface area contributed by atoms with Crippen molar-refractivity contribution in [2.75, 3.05) is 0 Å². The van der Waals surface area contributed by atoms with Crippen LogP contribution in [0.15, 0.2) is 0 Å². The van der Waals surface area contributed by atoms with Crippen LogP contribution in [0.4, 0.5) is 0 Å². The molecule has 0 aliphatic carbocycles. The summed E-state index contributed by atoms with van der Waals surface area (Å²) in [6.45, 7) is 3.98. The van der Waals surface area contributed by atoms with Crippen molar-refractivity contribution >= 4 is 18.6 Å². The van der Waals surface area contributed by atoms with Gasteiger partial charge in [-0.25, -0.2) is 0 Å². The zero-order valence-electron chi connectivity index (χ0n) is 6.82. The Bertz CT molecular complexity index is 138. The first-order valence-corrected chi connectivity index (χ1v) is 4.13. The van der Waals surface area contributed by atoms with Crippen molar-refractivity contribution in [1.29, 1.82) is 0 Å². The van der Waals surface area contributed by atoms with Crippen LogP contribution in [-0.2, 0) is 4.79 Å². The number of carbonyl (C=O) groups is 1. The molecule has 0 aliphatic rings. The molecule has 0 spiro atoms. The lowest BCUT2D eigenvalue weighted by atomic mass is 10.0. The average molecular weight is 177 g/mol. The maximum Gasteiger partial charge on any atom is 0.320 e. The standard InChI is InChI=1S/C7H15NO2S/c1-4(2)6(11)3-5(8)7(9)10/h4-6,11H,3,8H2,1-2H3,(H,9,10). The highest BCUT2D eigenvalue weighted by Gasteiger charge is 2.17. The quantitative estimate of drug-likeness (QED) is 0.555. The van der Waals surface area contributed by atoms with Gasteiger partial charge in [0, 0.05) is 5.25 Å². The molecule has 66 valence electrons. The monoisotopic (exact) mass is 177 g/mol. The van der Waals surface area contributed by atoms with Gasteiger partial charge in [-0.2, -0.15) is 12.6 Å². The molecule has 0 bridgehead atoms. The first kappa shape index (κ1) is 10.8. The van der Waals surface area contributed by atoms with Gasteiger partial charge in [0.2, 0.25) is 0 Å². The molecule has 0 heterocycles. The van der Waals surface area contributed by atoms with Crippen LogP contribution in [0.3, 0.4) is 0 Å². The van der Waals surface area contributed by atoms with Crippen LogP contribution >= 0.6 is 12.6 Å². The van der Waals surface area contributed by atoms with Crippen LogP contribution < -0.4 is 5.73 Å². The normalized spacial score (nSPS) is 16.5. The van der Waals surface area contributed by atoms with Gasteiger partial charge in [0.25, 0.3) is 0 Å². The second-order valence-corrected chi connectivity index (χ2v) is 3.66. The summed E-state index contributed by atoms with van der Waals surface area (Å²) in [5.74, 6) is -0.589. The van der Waals surface area contributed by atoms with Gasteiger partial charge >= 0.3 is 5.97 Å². The zero-order chi connectivity index (χ0) is 9.02. The van der Waals surface area contributed by atoms with Crippen molar-refractivity contribution in [3.63, 3.8) is 0 Å². The Labute approximate surface area is 72.4 Å². The highest BCUT2D eigenvalue weighted by atomic mass is 32.1. The molecule has 3 nitrogen and oxygen atoms in total. The Kier molecular flexibility index (Phi) is 4.52. The molecule has 3 N–H and O–H groups in total. The van der Waals surface area contributed by atoms with E-state index >= 15 is 0 Å². The van der Waals surface area contributed by atoms with Gasteiger partial charge in [-0.3, -0.25) is 4.79 Å². The van der Waals surface area contributed by atoms with Gasteiger partial charge in [-0.1, -0.05) is 13.8 Å². The third kappa shape index (κ3) is 4.27. The van der Waals surface area contributed by atoms with E-state index in [9.17, 15) is 4.79 Å². The minimum atomic E-state index is -0.954. The van der Waals surface area contributed by atoms with E-state index in [1.54, 1.807) is 0 Å². The molecule has 2 unspecified atom stereocenters. The van der Waals surface area contributed by atoms with E-state index in [1.807, 2.05) is 13.8 Å². The Morgan fingerprint density at radius 3 is 2.36 bits per heavy atom. The summed E-state index contributed by atoms with van der Waals surface area (Å²) in [5.41, 5.74) is 5.31. The SMILES string of the molecule is CC(C)C(S)CC(N)C(=O)O. The maximum atomic E-state index is 10.3. The van der Waals surface area contributed by atoms with Gasteiger partial charge in [-0.15, -0.1) is 0 Å². The van der Waals surface area contributed by atoms with Crippen LogP contribution in [0.25, 0.3) is 0 Å². The van der Waals surface area contributed by atoms with Crippen LogP contribution in [0.1, 0.15) is 20.3 Å². The Hall–Kier alpha value is -0.220. The molecule has 0 saturated heterocycles. The van der Waals surface area contributed by atoms with Gasteiger partial charge in [-0.05, 0) is 12.3 Å². The van der Waals surface area contributed by atoms with Crippen LogP contribution in [0, 0.1) is 5.92 Å². The third-order valence-electron chi connectivity index (χ3n) is 1.58. The number of carboxylic acids is 1. The number of hydrogen-bond donors (Lipinski definition) is 3. The minimum Gasteiger partial charge on any atom is -0.480 e. The van der Waals surface area contributed by atoms with Crippen LogP contribution in [0.2, 0.25) is 0 Å². The highest BCUT2D eigenvalue weighted by molar-refractivity contribution is 7.81. The molecule has 4 heteroatoms. The summed E-state index contributed by atoms with van der Waals surface area (Å²) in [5, 5.41) is 8.52. The van der Waals surface area contributed by atoms with Crippen molar-refractivity contribution in [3.8, 4) is 0 Å². The fourth-order valence-corrected chi connectivity index (χ4v) is 0.860. The summed E-state index contributed by atoms with van der Waals surface area (Å²) in [6, 6.07) is -0.778. The number of aliphatic carboxylic acids is 1. The van der Waals surface area contributed by atoms with E-state index in [0.29, 0.717) is 12.3 Å². The summed E-state index contributed by atoms with van der Waals surface area (Å²) in [7, 11) is 0. The summed E-state index contributed by atoms with van der Waals surface area (Å²) in [6.07, 6.45) is 0.427.